The summed E-state index contributed by atoms with van der Waals surface area (Å²) in [4.78, 5) is 0. The minimum absolute atomic E-state index is 0.0441. The second-order valence-electron chi connectivity index (χ2n) is 5.39. The standard InChI is InChI=1S/C14H20O4S/c1-11-4-2-3-5-13(11)14(9-15,10-16)12-6-7-19(17,18)8-12/h2-5,12,15-16H,6-10H2,1H3. The number of sulfone groups is 1. The summed E-state index contributed by atoms with van der Waals surface area (Å²) in [5.74, 6) is -0.0399. The lowest BCUT2D eigenvalue weighted by Gasteiger charge is -2.37. The average molecular weight is 284 g/mol. The summed E-state index contributed by atoms with van der Waals surface area (Å²) in [6.07, 6.45) is 0.498. The van der Waals surface area contributed by atoms with Crippen molar-refractivity contribution in [3.05, 3.63) is 35.4 Å². The fourth-order valence-corrected chi connectivity index (χ4v) is 4.97. The van der Waals surface area contributed by atoms with E-state index in [4.69, 9.17) is 0 Å². The van der Waals surface area contributed by atoms with E-state index in [2.05, 4.69) is 0 Å². The summed E-state index contributed by atoms with van der Waals surface area (Å²) < 4.78 is 23.3. The molecule has 0 bridgehead atoms. The summed E-state index contributed by atoms with van der Waals surface area (Å²) in [7, 11) is -3.04. The highest BCUT2D eigenvalue weighted by atomic mass is 32.2. The minimum Gasteiger partial charge on any atom is -0.395 e. The highest BCUT2D eigenvalue weighted by Gasteiger charge is 2.45. The quantitative estimate of drug-likeness (QED) is 0.851. The van der Waals surface area contributed by atoms with Crippen LogP contribution in [-0.2, 0) is 15.3 Å². The normalized spacial score (nSPS) is 22.6. The zero-order valence-electron chi connectivity index (χ0n) is 11.0. The molecule has 0 amide bonds. The number of aliphatic hydroxyl groups excluding tert-OH is 2. The van der Waals surface area contributed by atoms with Gasteiger partial charge in [-0.05, 0) is 30.4 Å². The molecule has 1 aliphatic rings. The van der Waals surface area contributed by atoms with Crippen LogP contribution in [0.4, 0.5) is 0 Å². The van der Waals surface area contributed by atoms with Gasteiger partial charge in [-0.15, -0.1) is 0 Å². The summed E-state index contributed by atoms with van der Waals surface area (Å²) in [6.45, 7) is 1.43. The third-order valence-corrected chi connectivity index (χ3v) is 6.03. The van der Waals surface area contributed by atoms with Crippen LogP contribution in [0.3, 0.4) is 0 Å². The minimum atomic E-state index is -3.04. The van der Waals surface area contributed by atoms with E-state index in [0.29, 0.717) is 6.42 Å². The van der Waals surface area contributed by atoms with E-state index < -0.39 is 15.3 Å². The van der Waals surface area contributed by atoms with Crippen molar-refractivity contribution in [1.29, 1.82) is 0 Å². The summed E-state index contributed by atoms with van der Waals surface area (Å²) in [5.41, 5.74) is 0.951. The van der Waals surface area contributed by atoms with Crippen LogP contribution < -0.4 is 0 Å². The van der Waals surface area contributed by atoms with Crippen molar-refractivity contribution in [2.45, 2.75) is 18.8 Å². The number of hydrogen-bond donors (Lipinski definition) is 2. The molecule has 1 atom stereocenters. The fourth-order valence-electron chi connectivity index (χ4n) is 3.06. The molecule has 1 aliphatic heterocycles. The monoisotopic (exact) mass is 284 g/mol. The van der Waals surface area contributed by atoms with Crippen LogP contribution >= 0.6 is 0 Å². The Morgan fingerprint density at radius 2 is 1.89 bits per heavy atom. The van der Waals surface area contributed by atoms with Gasteiger partial charge >= 0.3 is 0 Å². The Morgan fingerprint density at radius 3 is 2.37 bits per heavy atom. The molecule has 5 heteroatoms. The van der Waals surface area contributed by atoms with Gasteiger partial charge in [0.1, 0.15) is 0 Å². The molecule has 1 unspecified atom stereocenters. The second-order valence-corrected chi connectivity index (χ2v) is 7.62. The Bertz CT molecular complexity index is 546. The molecule has 1 aromatic carbocycles. The smallest absolute Gasteiger partial charge is 0.150 e. The molecule has 1 fully saturated rings. The molecule has 106 valence electrons. The average Bonchev–Trinajstić information content (AvgIpc) is 2.74. The van der Waals surface area contributed by atoms with Crippen molar-refractivity contribution in [3.8, 4) is 0 Å². The maximum Gasteiger partial charge on any atom is 0.150 e. The molecule has 0 radical (unpaired) electrons. The van der Waals surface area contributed by atoms with Gasteiger partial charge in [0, 0.05) is 5.41 Å². The van der Waals surface area contributed by atoms with Crippen molar-refractivity contribution in [2.24, 2.45) is 5.92 Å². The number of rotatable bonds is 4. The first-order valence-corrected chi connectivity index (χ1v) is 8.25. The third kappa shape index (κ3) is 2.55. The molecule has 0 saturated carbocycles. The number of hydrogen-bond acceptors (Lipinski definition) is 4. The van der Waals surface area contributed by atoms with Crippen LogP contribution in [0.15, 0.2) is 24.3 Å². The van der Waals surface area contributed by atoms with E-state index in [0.717, 1.165) is 11.1 Å². The van der Waals surface area contributed by atoms with Crippen molar-refractivity contribution in [3.63, 3.8) is 0 Å². The van der Waals surface area contributed by atoms with E-state index >= 15 is 0 Å². The Hall–Kier alpha value is -0.910. The second kappa shape index (κ2) is 5.23. The molecule has 4 nitrogen and oxygen atoms in total. The molecule has 0 spiro atoms. The van der Waals surface area contributed by atoms with E-state index in [-0.39, 0.29) is 30.6 Å². The van der Waals surface area contributed by atoms with E-state index in [1.807, 2.05) is 31.2 Å². The zero-order chi connectivity index (χ0) is 14.1. The molecule has 1 saturated heterocycles. The molecule has 19 heavy (non-hydrogen) atoms. The van der Waals surface area contributed by atoms with Gasteiger partial charge in [0.15, 0.2) is 9.84 Å². The van der Waals surface area contributed by atoms with Gasteiger partial charge in [-0.25, -0.2) is 8.42 Å². The zero-order valence-corrected chi connectivity index (χ0v) is 11.9. The largest absolute Gasteiger partial charge is 0.395 e. The van der Waals surface area contributed by atoms with Crippen molar-refractivity contribution < 1.29 is 18.6 Å². The molecular weight excluding hydrogens is 264 g/mol. The lowest BCUT2D eigenvalue weighted by molar-refractivity contribution is 0.0770. The van der Waals surface area contributed by atoms with Gasteiger partial charge in [-0.2, -0.15) is 0 Å². The lowest BCUT2D eigenvalue weighted by atomic mass is 9.69. The maximum absolute atomic E-state index is 11.7. The Kier molecular flexibility index (Phi) is 3.99. The fraction of sp³-hybridized carbons (Fsp3) is 0.571. The summed E-state index contributed by atoms with van der Waals surface area (Å²) >= 11 is 0. The summed E-state index contributed by atoms with van der Waals surface area (Å²) in [6, 6.07) is 7.53. The first-order chi connectivity index (χ1) is 8.95. The Balaban J connectivity index is 2.47. The predicted octanol–water partition coefficient (Wildman–Crippen LogP) is 0.652. The Morgan fingerprint density at radius 1 is 1.26 bits per heavy atom. The van der Waals surface area contributed by atoms with Crippen LogP contribution in [0.2, 0.25) is 0 Å². The SMILES string of the molecule is Cc1ccccc1C(CO)(CO)C1CCS(=O)(=O)C1. The van der Waals surface area contributed by atoms with Crippen LogP contribution in [0.25, 0.3) is 0 Å². The van der Waals surface area contributed by atoms with E-state index in [9.17, 15) is 18.6 Å². The molecule has 2 N–H and O–H groups in total. The lowest BCUT2D eigenvalue weighted by Crippen LogP contribution is -2.43. The Labute approximate surface area is 114 Å². The molecule has 1 heterocycles. The van der Waals surface area contributed by atoms with Gasteiger partial charge in [-0.3, -0.25) is 0 Å². The van der Waals surface area contributed by atoms with Gasteiger partial charge in [-0.1, -0.05) is 24.3 Å². The van der Waals surface area contributed by atoms with Crippen LogP contribution in [-0.4, -0.2) is 43.4 Å². The van der Waals surface area contributed by atoms with Gasteiger partial charge in [0.2, 0.25) is 0 Å². The maximum atomic E-state index is 11.7. The molecular formula is C14H20O4S. The number of benzene rings is 1. The van der Waals surface area contributed by atoms with Crippen molar-refractivity contribution in [1.82, 2.24) is 0 Å². The highest BCUT2D eigenvalue weighted by molar-refractivity contribution is 7.91. The number of aliphatic hydroxyl groups is 2. The van der Waals surface area contributed by atoms with Gasteiger partial charge in [0.05, 0.1) is 24.7 Å². The van der Waals surface area contributed by atoms with Crippen molar-refractivity contribution >= 4 is 9.84 Å². The van der Waals surface area contributed by atoms with Gasteiger partial charge in [0.25, 0.3) is 0 Å². The first kappa shape index (κ1) is 14.5. The van der Waals surface area contributed by atoms with Crippen molar-refractivity contribution in [2.75, 3.05) is 24.7 Å². The number of aryl methyl sites for hydroxylation is 1. The van der Waals surface area contributed by atoms with Crippen LogP contribution in [0.5, 0.6) is 0 Å². The molecule has 0 aliphatic carbocycles. The molecule has 2 rings (SSSR count). The summed E-state index contributed by atoms with van der Waals surface area (Å²) in [5, 5.41) is 19.7. The van der Waals surface area contributed by atoms with E-state index in [1.54, 1.807) is 0 Å². The third-order valence-electron chi connectivity index (χ3n) is 4.26. The van der Waals surface area contributed by atoms with Crippen LogP contribution in [0.1, 0.15) is 17.5 Å². The van der Waals surface area contributed by atoms with E-state index in [1.165, 1.54) is 0 Å². The molecule has 1 aromatic rings. The topological polar surface area (TPSA) is 74.6 Å². The highest BCUT2D eigenvalue weighted by Crippen LogP contribution is 2.39. The predicted molar refractivity (Wildman–Crippen MR) is 73.8 cm³/mol. The molecule has 0 aromatic heterocycles. The van der Waals surface area contributed by atoms with Gasteiger partial charge < -0.3 is 10.2 Å². The van der Waals surface area contributed by atoms with Crippen LogP contribution in [0, 0.1) is 12.8 Å². The first-order valence-electron chi connectivity index (χ1n) is 6.43.